The molecule has 1 aromatic carbocycles. The molecule has 0 aliphatic carbocycles. The minimum absolute atomic E-state index is 0.180. The fraction of sp³-hybridized carbons (Fsp3) is 0.357. The Hall–Kier alpha value is -1.39. The van der Waals surface area contributed by atoms with Crippen molar-refractivity contribution < 1.29 is 19.1 Å². The predicted octanol–water partition coefficient (Wildman–Crippen LogP) is 3.21. The summed E-state index contributed by atoms with van der Waals surface area (Å²) in [6.45, 7) is 2.67. The number of carbonyl (C=O) groups is 3. The fourth-order valence-corrected chi connectivity index (χ4v) is 2.01. The molecule has 0 fully saturated rings. The summed E-state index contributed by atoms with van der Waals surface area (Å²) in [6.07, 6.45) is 0. The molecule has 0 aliphatic rings. The minimum atomic E-state index is -1.00. The van der Waals surface area contributed by atoms with E-state index in [4.69, 9.17) is 23.2 Å². The van der Waals surface area contributed by atoms with Crippen LogP contribution in [0.4, 0.5) is 0 Å². The lowest BCUT2D eigenvalue weighted by Crippen LogP contribution is -2.12. The van der Waals surface area contributed by atoms with Gasteiger partial charge in [-0.25, -0.2) is 4.79 Å². The summed E-state index contributed by atoms with van der Waals surface area (Å²) in [4.78, 5) is 34.4. The molecule has 0 heterocycles. The number of ketones is 2. The van der Waals surface area contributed by atoms with Crippen molar-refractivity contribution in [1.82, 2.24) is 0 Å². The van der Waals surface area contributed by atoms with Crippen LogP contribution < -0.4 is 0 Å². The molecule has 20 heavy (non-hydrogen) atoms. The van der Waals surface area contributed by atoms with E-state index >= 15 is 0 Å². The zero-order valence-corrected chi connectivity index (χ0v) is 12.8. The van der Waals surface area contributed by atoms with Crippen LogP contribution in [-0.2, 0) is 14.3 Å². The number of hydrogen-bond donors (Lipinski definition) is 0. The van der Waals surface area contributed by atoms with Gasteiger partial charge in [-0.2, -0.15) is 0 Å². The van der Waals surface area contributed by atoms with Gasteiger partial charge in [0.1, 0.15) is 10.8 Å². The van der Waals surface area contributed by atoms with Crippen LogP contribution in [0.1, 0.15) is 46.1 Å². The van der Waals surface area contributed by atoms with Gasteiger partial charge in [-0.15, -0.1) is 23.2 Å². The first-order chi connectivity index (χ1) is 9.29. The van der Waals surface area contributed by atoms with Crippen molar-refractivity contribution >= 4 is 40.7 Å². The second-order valence-electron chi connectivity index (χ2n) is 4.28. The van der Waals surface area contributed by atoms with Crippen molar-refractivity contribution in [2.75, 3.05) is 7.11 Å². The van der Waals surface area contributed by atoms with Gasteiger partial charge in [0.25, 0.3) is 0 Å². The van der Waals surface area contributed by atoms with Crippen molar-refractivity contribution in [3.8, 4) is 0 Å². The topological polar surface area (TPSA) is 60.4 Å². The van der Waals surface area contributed by atoms with E-state index in [1.807, 2.05) is 0 Å². The molecule has 1 aromatic rings. The number of alkyl halides is 2. The SMILES string of the molecule is COC(=O)c1ccc(C(Cl)C(C)=O)cc1C(Cl)C(C)=O. The monoisotopic (exact) mass is 316 g/mol. The molecule has 108 valence electrons. The quantitative estimate of drug-likeness (QED) is 0.618. The Morgan fingerprint density at radius 2 is 1.60 bits per heavy atom. The van der Waals surface area contributed by atoms with Crippen molar-refractivity contribution in [2.24, 2.45) is 0 Å². The standard InChI is InChI=1S/C14H14Cl2O4/c1-7(17)12(15)9-4-5-10(14(19)20-3)11(6-9)13(16)8(2)18/h4-6,12-13H,1-3H3. The summed E-state index contributed by atoms with van der Waals surface area (Å²) in [5.41, 5.74) is 0.947. The average Bonchev–Trinajstić information content (AvgIpc) is 2.43. The summed E-state index contributed by atoms with van der Waals surface area (Å²) in [5.74, 6) is -1.16. The minimum Gasteiger partial charge on any atom is -0.465 e. The largest absolute Gasteiger partial charge is 0.465 e. The number of ether oxygens (including phenoxy) is 1. The third-order valence-corrected chi connectivity index (χ3v) is 3.86. The third-order valence-electron chi connectivity index (χ3n) is 2.76. The summed E-state index contributed by atoms with van der Waals surface area (Å²) < 4.78 is 4.65. The average molecular weight is 317 g/mol. The van der Waals surface area contributed by atoms with E-state index in [1.165, 1.54) is 33.1 Å². The molecule has 0 saturated carbocycles. The normalized spacial score (nSPS) is 13.4. The van der Waals surface area contributed by atoms with Crippen LogP contribution in [-0.4, -0.2) is 24.6 Å². The van der Waals surface area contributed by atoms with E-state index in [9.17, 15) is 14.4 Å². The number of methoxy groups -OCH3 is 1. The van der Waals surface area contributed by atoms with Gasteiger partial charge in [-0.3, -0.25) is 9.59 Å². The Morgan fingerprint density at radius 3 is 2.05 bits per heavy atom. The maximum atomic E-state index is 11.7. The molecule has 2 atom stereocenters. The van der Waals surface area contributed by atoms with E-state index in [1.54, 1.807) is 6.07 Å². The second kappa shape index (κ2) is 6.86. The predicted molar refractivity (Wildman–Crippen MR) is 76.3 cm³/mol. The summed E-state index contributed by atoms with van der Waals surface area (Å²) in [6, 6.07) is 4.48. The van der Waals surface area contributed by atoms with Gasteiger partial charge >= 0.3 is 5.97 Å². The van der Waals surface area contributed by atoms with Gasteiger partial charge in [0.2, 0.25) is 0 Å². The van der Waals surface area contributed by atoms with Gasteiger partial charge in [0, 0.05) is 0 Å². The molecule has 0 aromatic heterocycles. The molecule has 0 spiro atoms. The highest BCUT2D eigenvalue weighted by Gasteiger charge is 2.24. The van der Waals surface area contributed by atoms with E-state index in [0.717, 1.165) is 0 Å². The summed E-state index contributed by atoms with van der Waals surface area (Å²) in [5, 5.41) is -1.85. The van der Waals surface area contributed by atoms with Crippen LogP contribution in [0.2, 0.25) is 0 Å². The van der Waals surface area contributed by atoms with Crippen molar-refractivity contribution in [1.29, 1.82) is 0 Å². The van der Waals surface area contributed by atoms with Gasteiger partial charge in [0.15, 0.2) is 11.6 Å². The number of halogens is 2. The van der Waals surface area contributed by atoms with Crippen LogP contribution in [0.3, 0.4) is 0 Å². The Balaban J connectivity index is 3.39. The molecule has 1 rings (SSSR count). The Kier molecular flexibility index (Phi) is 5.72. The second-order valence-corrected chi connectivity index (χ2v) is 5.16. The van der Waals surface area contributed by atoms with Gasteiger partial charge in [-0.05, 0) is 31.0 Å². The number of benzene rings is 1. The maximum Gasteiger partial charge on any atom is 0.338 e. The third kappa shape index (κ3) is 3.58. The maximum absolute atomic E-state index is 11.7. The van der Waals surface area contributed by atoms with Crippen LogP contribution >= 0.6 is 23.2 Å². The lowest BCUT2D eigenvalue weighted by molar-refractivity contribution is -0.117. The number of Topliss-reactive ketones (excluding diaryl/α,β-unsaturated/α-hetero) is 2. The molecule has 0 radical (unpaired) electrons. The smallest absolute Gasteiger partial charge is 0.338 e. The fourth-order valence-electron chi connectivity index (χ4n) is 1.70. The number of esters is 1. The molecule has 6 heteroatoms. The first-order valence-corrected chi connectivity index (χ1v) is 6.68. The molecule has 0 saturated heterocycles. The van der Waals surface area contributed by atoms with Gasteiger partial charge in [0.05, 0.1) is 12.7 Å². The highest BCUT2D eigenvalue weighted by Crippen LogP contribution is 2.30. The zero-order valence-electron chi connectivity index (χ0n) is 11.3. The molecule has 0 N–H and O–H groups in total. The molecular weight excluding hydrogens is 303 g/mol. The lowest BCUT2D eigenvalue weighted by Gasteiger charge is -2.14. The van der Waals surface area contributed by atoms with E-state index < -0.39 is 16.7 Å². The van der Waals surface area contributed by atoms with Crippen LogP contribution in [0.25, 0.3) is 0 Å². The Bertz CT molecular complexity index is 554. The zero-order chi connectivity index (χ0) is 15.4. The van der Waals surface area contributed by atoms with Crippen LogP contribution in [0.5, 0.6) is 0 Å². The van der Waals surface area contributed by atoms with Gasteiger partial charge < -0.3 is 4.74 Å². The first kappa shape index (κ1) is 16.7. The first-order valence-electron chi connectivity index (χ1n) is 5.80. The highest BCUT2D eigenvalue weighted by molar-refractivity contribution is 6.32. The van der Waals surface area contributed by atoms with Crippen LogP contribution in [0, 0.1) is 0 Å². The molecule has 2 unspecified atom stereocenters. The van der Waals surface area contributed by atoms with Crippen molar-refractivity contribution in [2.45, 2.75) is 24.6 Å². The molecule has 0 bridgehead atoms. The molecule has 4 nitrogen and oxygen atoms in total. The van der Waals surface area contributed by atoms with Crippen molar-refractivity contribution in [3.05, 3.63) is 34.9 Å². The number of carbonyl (C=O) groups excluding carboxylic acids is 3. The molecular formula is C14H14Cl2O4. The highest BCUT2D eigenvalue weighted by atomic mass is 35.5. The Labute approximate surface area is 127 Å². The van der Waals surface area contributed by atoms with E-state index in [-0.39, 0.29) is 22.7 Å². The van der Waals surface area contributed by atoms with E-state index in [0.29, 0.717) is 5.56 Å². The molecule has 0 aliphatic heterocycles. The Morgan fingerprint density at radius 1 is 1.05 bits per heavy atom. The van der Waals surface area contributed by atoms with Gasteiger partial charge in [-0.1, -0.05) is 12.1 Å². The lowest BCUT2D eigenvalue weighted by atomic mass is 9.97. The van der Waals surface area contributed by atoms with Crippen molar-refractivity contribution in [3.63, 3.8) is 0 Å². The number of rotatable bonds is 5. The van der Waals surface area contributed by atoms with Crippen LogP contribution in [0.15, 0.2) is 18.2 Å². The van der Waals surface area contributed by atoms with E-state index in [2.05, 4.69) is 4.74 Å². The summed E-state index contributed by atoms with van der Waals surface area (Å²) in [7, 11) is 1.23. The number of hydrogen-bond acceptors (Lipinski definition) is 4. The molecule has 0 amide bonds. The summed E-state index contributed by atoms with van der Waals surface area (Å²) >= 11 is 12.0.